The summed E-state index contributed by atoms with van der Waals surface area (Å²) in [5, 5.41) is 0.651. The molecule has 0 amide bonds. The Bertz CT molecular complexity index is 407. The number of nitrogens with two attached hydrogens (primary N) is 1. The molecule has 0 aliphatic rings. The van der Waals surface area contributed by atoms with Crippen molar-refractivity contribution in [2.75, 3.05) is 20.8 Å². The first-order valence-electron chi connectivity index (χ1n) is 6.23. The summed E-state index contributed by atoms with van der Waals surface area (Å²) in [6.45, 7) is 4.91. The summed E-state index contributed by atoms with van der Waals surface area (Å²) in [4.78, 5) is 0. The van der Waals surface area contributed by atoms with Gasteiger partial charge in [0.2, 0.25) is 0 Å². The van der Waals surface area contributed by atoms with E-state index in [1.807, 2.05) is 6.07 Å². The van der Waals surface area contributed by atoms with Crippen molar-refractivity contribution < 1.29 is 9.47 Å². The van der Waals surface area contributed by atoms with Crippen LogP contribution in [-0.2, 0) is 6.42 Å². The maximum atomic E-state index is 6.41. The van der Waals surface area contributed by atoms with E-state index in [4.69, 9.17) is 26.8 Å². The van der Waals surface area contributed by atoms with Crippen molar-refractivity contribution in [3.05, 3.63) is 22.2 Å². The molecule has 0 aliphatic carbocycles. The lowest BCUT2D eigenvalue weighted by atomic mass is 9.91. The van der Waals surface area contributed by atoms with E-state index in [9.17, 15) is 0 Å². The van der Waals surface area contributed by atoms with Crippen LogP contribution in [0.1, 0.15) is 37.3 Å². The van der Waals surface area contributed by atoms with Crippen LogP contribution >= 0.6 is 11.6 Å². The SMILES string of the molecule is CCc1c(C(C)CCN)cc(OC)c(OC)c1Cl. The number of ether oxygens (including phenoxy) is 2. The van der Waals surface area contributed by atoms with Gasteiger partial charge in [0, 0.05) is 0 Å². The monoisotopic (exact) mass is 271 g/mol. The Kier molecular flexibility index (Phi) is 5.76. The highest BCUT2D eigenvalue weighted by molar-refractivity contribution is 6.33. The molecule has 0 aromatic heterocycles. The zero-order valence-corrected chi connectivity index (χ0v) is 12.3. The van der Waals surface area contributed by atoms with Crippen molar-refractivity contribution in [3.8, 4) is 11.5 Å². The van der Waals surface area contributed by atoms with Crippen LogP contribution in [0.15, 0.2) is 6.07 Å². The summed E-state index contributed by atoms with van der Waals surface area (Å²) in [5.41, 5.74) is 7.95. The van der Waals surface area contributed by atoms with Gasteiger partial charge in [-0.25, -0.2) is 0 Å². The molecule has 1 aromatic carbocycles. The van der Waals surface area contributed by atoms with E-state index in [1.165, 1.54) is 5.56 Å². The van der Waals surface area contributed by atoms with Crippen molar-refractivity contribution in [3.63, 3.8) is 0 Å². The fourth-order valence-corrected chi connectivity index (χ4v) is 2.63. The molecule has 1 aromatic rings. The zero-order chi connectivity index (χ0) is 13.7. The number of rotatable bonds is 6. The van der Waals surface area contributed by atoms with Gasteiger partial charge in [-0.2, -0.15) is 0 Å². The van der Waals surface area contributed by atoms with E-state index in [2.05, 4.69) is 13.8 Å². The molecule has 0 radical (unpaired) electrons. The summed E-state index contributed by atoms with van der Waals surface area (Å²) in [6.07, 6.45) is 1.79. The summed E-state index contributed by atoms with van der Waals surface area (Å²) in [7, 11) is 3.23. The van der Waals surface area contributed by atoms with Gasteiger partial charge in [0.1, 0.15) is 0 Å². The third-order valence-corrected chi connectivity index (χ3v) is 3.63. The molecule has 0 spiro atoms. The largest absolute Gasteiger partial charge is 0.493 e. The molecule has 3 nitrogen and oxygen atoms in total. The summed E-state index contributed by atoms with van der Waals surface area (Å²) in [5.74, 6) is 1.65. The van der Waals surface area contributed by atoms with E-state index in [1.54, 1.807) is 14.2 Å². The number of hydrogen-bond donors (Lipinski definition) is 1. The molecule has 0 heterocycles. The summed E-state index contributed by atoms with van der Waals surface area (Å²) < 4.78 is 10.7. The summed E-state index contributed by atoms with van der Waals surface area (Å²) in [6, 6.07) is 2.02. The second-order valence-corrected chi connectivity index (χ2v) is 4.70. The Labute approximate surface area is 114 Å². The molecule has 4 heteroatoms. The number of methoxy groups -OCH3 is 2. The highest BCUT2D eigenvalue weighted by Gasteiger charge is 2.19. The smallest absolute Gasteiger partial charge is 0.179 e. The lowest BCUT2D eigenvalue weighted by Gasteiger charge is -2.20. The molecule has 1 rings (SSSR count). The standard InChI is InChI=1S/C14H22ClNO2/c1-5-10-11(9(2)6-7-16)8-12(17-3)14(18-4)13(10)15/h8-9H,5-7,16H2,1-4H3. The second-order valence-electron chi connectivity index (χ2n) is 4.33. The molecule has 0 saturated carbocycles. The predicted octanol–water partition coefficient (Wildman–Crippen LogP) is 3.37. The average molecular weight is 272 g/mol. The topological polar surface area (TPSA) is 44.5 Å². The Balaban J connectivity index is 3.37. The highest BCUT2D eigenvalue weighted by Crippen LogP contribution is 2.42. The van der Waals surface area contributed by atoms with E-state index in [0.29, 0.717) is 29.0 Å². The molecule has 102 valence electrons. The van der Waals surface area contributed by atoms with Gasteiger partial charge in [-0.1, -0.05) is 25.4 Å². The fraction of sp³-hybridized carbons (Fsp3) is 0.571. The van der Waals surface area contributed by atoms with Crippen molar-refractivity contribution in [2.45, 2.75) is 32.6 Å². The lowest BCUT2D eigenvalue weighted by Crippen LogP contribution is -2.08. The predicted molar refractivity (Wildman–Crippen MR) is 76.0 cm³/mol. The molecular formula is C14H22ClNO2. The number of benzene rings is 1. The Morgan fingerprint density at radius 2 is 2.00 bits per heavy atom. The van der Waals surface area contributed by atoms with Gasteiger partial charge >= 0.3 is 0 Å². The second kappa shape index (κ2) is 6.86. The lowest BCUT2D eigenvalue weighted by molar-refractivity contribution is 0.354. The fourth-order valence-electron chi connectivity index (χ4n) is 2.21. The Morgan fingerprint density at radius 3 is 2.44 bits per heavy atom. The van der Waals surface area contributed by atoms with Gasteiger partial charge < -0.3 is 15.2 Å². The maximum absolute atomic E-state index is 6.41. The molecule has 0 saturated heterocycles. The third kappa shape index (κ3) is 2.90. The van der Waals surface area contributed by atoms with E-state index in [-0.39, 0.29) is 0 Å². The first-order chi connectivity index (χ1) is 8.60. The molecule has 1 atom stereocenters. The third-order valence-electron chi connectivity index (χ3n) is 3.23. The number of hydrogen-bond acceptors (Lipinski definition) is 3. The molecular weight excluding hydrogens is 250 g/mol. The molecule has 0 bridgehead atoms. The number of halogens is 1. The van der Waals surface area contributed by atoms with E-state index < -0.39 is 0 Å². The normalized spacial score (nSPS) is 12.3. The van der Waals surface area contributed by atoms with Crippen molar-refractivity contribution >= 4 is 11.6 Å². The van der Waals surface area contributed by atoms with Crippen LogP contribution in [-0.4, -0.2) is 20.8 Å². The van der Waals surface area contributed by atoms with Crippen LogP contribution in [0.5, 0.6) is 11.5 Å². The average Bonchev–Trinajstić information content (AvgIpc) is 2.37. The van der Waals surface area contributed by atoms with Crippen molar-refractivity contribution in [1.29, 1.82) is 0 Å². The van der Waals surface area contributed by atoms with Crippen LogP contribution in [0.2, 0.25) is 5.02 Å². The minimum Gasteiger partial charge on any atom is -0.493 e. The summed E-state index contributed by atoms with van der Waals surface area (Å²) >= 11 is 6.41. The van der Waals surface area contributed by atoms with Gasteiger partial charge in [-0.3, -0.25) is 0 Å². The van der Waals surface area contributed by atoms with Gasteiger partial charge in [-0.05, 0) is 42.5 Å². The van der Waals surface area contributed by atoms with E-state index >= 15 is 0 Å². The molecule has 0 aliphatic heterocycles. The van der Waals surface area contributed by atoms with Gasteiger partial charge in [0.25, 0.3) is 0 Å². The van der Waals surface area contributed by atoms with Crippen LogP contribution in [0, 0.1) is 0 Å². The minimum absolute atomic E-state index is 0.363. The van der Waals surface area contributed by atoms with Crippen LogP contribution in [0.3, 0.4) is 0 Å². The Hall–Kier alpha value is -0.930. The molecule has 1 unspecified atom stereocenters. The quantitative estimate of drug-likeness (QED) is 0.863. The first-order valence-corrected chi connectivity index (χ1v) is 6.61. The van der Waals surface area contributed by atoms with E-state index in [0.717, 1.165) is 18.4 Å². The molecule has 2 N–H and O–H groups in total. The van der Waals surface area contributed by atoms with Gasteiger partial charge in [-0.15, -0.1) is 0 Å². The Morgan fingerprint density at radius 1 is 1.33 bits per heavy atom. The van der Waals surface area contributed by atoms with Crippen molar-refractivity contribution in [2.24, 2.45) is 5.73 Å². The molecule has 18 heavy (non-hydrogen) atoms. The van der Waals surface area contributed by atoms with Crippen LogP contribution in [0.4, 0.5) is 0 Å². The van der Waals surface area contributed by atoms with Crippen LogP contribution < -0.4 is 15.2 Å². The maximum Gasteiger partial charge on any atom is 0.179 e. The molecule has 0 fully saturated rings. The zero-order valence-electron chi connectivity index (χ0n) is 11.5. The first kappa shape index (κ1) is 15.1. The van der Waals surface area contributed by atoms with Crippen molar-refractivity contribution in [1.82, 2.24) is 0 Å². The van der Waals surface area contributed by atoms with Gasteiger partial charge in [0.15, 0.2) is 11.5 Å². The highest BCUT2D eigenvalue weighted by atomic mass is 35.5. The van der Waals surface area contributed by atoms with Gasteiger partial charge in [0.05, 0.1) is 19.2 Å². The van der Waals surface area contributed by atoms with Crippen LogP contribution in [0.25, 0.3) is 0 Å². The minimum atomic E-state index is 0.363.